The molecule has 0 aromatic heterocycles. The molecule has 0 atom stereocenters. The maximum Gasteiger partial charge on any atom is 0.471 e. The van der Waals surface area contributed by atoms with Crippen molar-refractivity contribution in [3.8, 4) is 5.75 Å². The molecule has 202 valence electrons. The van der Waals surface area contributed by atoms with E-state index < -0.39 is 59.4 Å². The van der Waals surface area contributed by atoms with Gasteiger partial charge in [-0.1, -0.05) is 0 Å². The molecular formula is C15H7F17N2O. The van der Waals surface area contributed by atoms with E-state index in [1.807, 2.05) is 0 Å². The SMILES string of the molecule is N=C(N)c1ccc(OC(F)(F)C(F)(F)C(F)(F)C(F)(F)C(F)(F)C(F)(F)C(F)(F)C(F)(F)F)cc1. The zero-order valence-corrected chi connectivity index (χ0v) is 15.7. The first-order valence-electron chi connectivity index (χ1n) is 7.98. The summed E-state index contributed by atoms with van der Waals surface area (Å²) in [5, 5.41) is 6.96. The van der Waals surface area contributed by atoms with Gasteiger partial charge in [-0.15, -0.1) is 0 Å². The molecule has 1 aromatic carbocycles. The Kier molecular flexibility index (Phi) is 7.08. The number of nitrogen functional groups attached to an aromatic ring is 1. The highest BCUT2D eigenvalue weighted by molar-refractivity contribution is 5.94. The number of hydrogen-bond donors (Lipinski definition) is 2. The summed E-state index contributed by atoms with van der Waals surface area (Å²) in [6.45, 7) is 0. The average molecular weight is 554 g/mol. The molecule has 35 heavy (non-hydrogen) atoms. The summed E-state index contributed by atoms with van der Waals surface area (Å²) >= 11 is 0. The minimum Gasteiger partial charge on any atom is -0.428 e. The van der Waals surface area contributed by atoms with Crippen LogP contribution in [-0.4, -0.2) is 53.7 Å². The molecule has 0 amide bonds. The number of nitrogens with two attached hydrogens (primary N) is 1. The number of benzene rings is 1. The van der Waals surface area contributed by atoms with Crippen molar-refractivity contribution in [1.29, 1.82) is 5.41 Å². The molecule has 1 rings (SSSR count). The van der Waals surface area contributed by atoms with Crippen molar-refractivity contribution in [3.05, 3.63) is 29.8 Å². The molecule has 0 heterocycles. The van der Waals surface area contributed by atoms with Gasteiger partial charge in [-0.25, -0.2) is 0 Å². The average Bonchev–Trinajstić information content (AvgIpc) is 2.66. The van der Waals surface area contributed by atoms with Crippen LogP contribution in [0.3, 0.4) is 0 Å². The Morgan fingerprint density at radius 2 is 0.857 bits per heavy atom. The largest absolute Gasteiger partial charge is 0.471 e. The van der Waals surface area contributed by atoms with Crippen molar-refractivity contribution in [2.24, 2.45) is 5.73 Å². The molecule has 0 fully saturated rings. The lowest BCUT2D eigenvalue weighted by molar-refractivity contribution is -0.471. The van der Waals surface area contributed by atoms with Crippen LogP contribution in [0.5, 0.6) is 5.75 Å². The highest BCUT2D eigenvalue weighted by Crippen LogP contribution is 2.63. The monoisotopic (exact) mass is 554 g/mol. The smallest absolute Gasteiger partial charge is 0.428 e. The fourth-order valence-electron chi connectivity index (χ4n) is 2.06. The standard InChI is InChI=1S/C15H7F17N2O/c16-8(17,10(20,21)12(24,25)14(28,29)30)9(18,19)11(22,23)13(26,27)15(31,32)35-6-3-1-5(2-4-6)7(33)34/h1-4H,(H3,33,34). The zero-order chi connectivity index (χ0) is 28.3. The fourth-order valence-corrected chi connectivity index (χ4v) is 2.06. The Hall–Kier alpha value is -2.70. The van der Waals surface area contributed by atoms with Crippen LogP contribution >= 0.6 is 0 Å². The predicted octanol–water partition coefficient (Wildman–Crippen LogP) is 6.32. The van der Waals surface area contributed by atoms with Gasteiger partial charge in [0.15, 0.2) is 0 Å². The molecule has 0 aliphatic carbocycles. The first kappa shape index (κ1) is 30.3. The van der Waals surface area contributed by atoms with Crippen LogP contribution in [0, 0.1) is 5.41 Å². The van der Waals surface area contributed by atoms with Crippen LogP contribution in [-0.2, 0) is 0 Å². The van der Waals surface area contributed by atoms with Gasteiger partial charge in [-0.2, -0.15) is 74.6 Å². The summed E-state index contributed by atoms with van der Waals surface area (Å²) in [4.78, 5) is 0. The maximum absolute atomic E-state index is 13.7. The van der Waals surface area contributed by atoms with Gasteiger partial charge in [0.05, 0.1) is 0 Å². The number of hydrogen-bond acceptors (Lipinski definition) is 2. The molecule has 20 heteroatoms. The topological polar surface area (TPSA) is 59.1 Å². The number of rotatable bonds is 9. The Labute approximate surface area is 181 Å². The van der Waals surface area contributed by atoms with E-state index in [2.05, 4.69) is 4.74 Å². The van der Waals surface area contributed by atoms with Gasteiger partial charge < -0.3 is 10.5 Å². The van der Waals surface area contributed by atoms with Crippen LogP contribution in [0.25, 0.3) is 0 Å². The quantitative estimate of drug-likeness (QED) is 0.214. The molecular weight excluding hydrogens is 547 g/mol. The summed E-state index contributed by atoms with van der Waals surface area (Å²) in [6.07, 6.45) is -14.8. The minimum absolute atomic E-state index is 0.184. The molecule has 0 bridgehead atoms. The third kappa shape index (κ3) is 4.27. The Morgan fingerprint density at radius 3 is 1.17 bits per heavy atom. The number of ether oxygens (including phenoxy) is 1. The molecule has 3 nitrogen and oxygen atoms in total. The second-order valence-electron chi connectivity index (χ2n) is 6.50. The lowest BCUT2D eigenvalue weighted by Gasteiger charge is -2.42. The highest BCUT2D eigenvalue weighted by Gasteiger charge is 2.95. The van der Waals surface area contributed by atoms with Crippen LogP contribution < -0.4 is 10.5 Å². The minimum atomic E-state index is -8.70. The number of halogens is 17. The van der Waals surface area contributed by atoms with E-state index >= 15 is 0 Å². The molecule has 0 saturated heterocycles. The normalized spacial score (nSPS) is 15.2. The number of alkyl halides is 17. The predicted molar refractivity (Wildman–Crippen MR) is 78.8 cm³/mol. The van der Waals surface area contributed by atoms with E-state index in [4.69, 9.17) is 11.1 Å². The fraction of sp³-hybridized carbons (Fsp3) is 0.533. The third-order valence-electron chi connectivity index (χ3n) is 4.10. The Morgan fingerprint density at radius 1 is 0.543 bits per heavy atom. The van der Waals surface area contributed by atoms with Crippen LogP contribution in [0.15, 0.2) is 24.3 Å². The van der Waals surface area contributed by atoms with Crippen molar-refractivity contribution in [2.75, 3.05) is 0 Å². The van der Waals surface area contributed by atoms with Crippen molar-refractivity contribution in [2.45, 2.75) is 47.8 Å². The van der Waals surface area contributed by atoms with E-state index in [0.29, 0.717) is 12.1 Å². The van der Waals surface area contributed by atoms with Crippen LogP contribution in [0.4, 0.5) is 74.6 Å². The Balaban J connectivity index is 3.55. The van der Waals surface area contributed by atoms with Crippen molar-refractivity contribution < 1.29 is 79.4 Å². The molecule has 3 N–H and O–H groups in total. The van der Waals surface area contributed by atoms with E-state index in [-0.39, 0.29) is 17.7 Å². The van der Waals surface area contributed by atoms with Gasteiger partial charge in [-0.05, 0) is 24.3 Å². The van der Waals surface area contributed by atoms with Gasteiger partial charge in [0.1, 0.15) is 11.6 Å². The molecule has 0 aliphatic heterocycles. The van der Waals surface area contributed by atoms with Crippen LogP contribution in [0.1, 0.15) is 5.56 Å². The molecule has 0 saturated carbocycles. The lowest BCUT2D eigenvalue weighted by atomic mass is 9.90. The second-order valence-corrected chi connectivity index (χ2v) is 6.50. The van der Waals surface area contributed by atoms with E-state index in [9.17, 15) is 74.6 Å². The summed E-state index contributed by atoms with van der Waals surface area (Å²) in [7, 11) is 0. The summed E-state index contributed by atoms with van der Waals surface area (Å²) in [6, 6.07) is 1.44. The first-order chi connectivity index (χ1) is 15.1. The maximum atomic E-state index is 13.7. The van der Waals surface area contributed by atoms with Gasteiger partial charge in [-0.3, -0.25) is 5.41 Å². The molecule has 0 spiro atoms. The van der Waals surface area contributed by atoms with Gasteiger partial charge in [0.2, 0.25) is 0 Å². The molecule has 0 unspecified atom stereocenters. The van der Waals surface area contributed by atoms with E-state index in [0.717, 1.165) is 0 Å². The van der Waals surface area contributed by atoms with Crippen LogP contribution in [0.2, 0.25) is 0 Å². The highest BCUT2D eigenvalue weighted by atomic mass is 19.4. The third-order valence-corrected chi connectivity index (χ3v) is 4.10. The van der Waals surface area contributed by atoms with Crippen molar-refractivity contribution in [1.82, 2.24) is 0 Å². The van der Waals surface area contributed by atoms with E-state index in [1.165, 1.54) is 0 Å². The molecule has 0 radical (unpaired) electrons. The zero-order valence-electron chi connectivity index (χ0n) is 15.7. The summed E-state index contributed by atoms with van der Waals surface area (Å²) < 4.78 is 226. The summed E-state index contributed by atoms with van der Waals surface area (Å²) in [5.74, 6) is -52.9. The Bertz CT molecular complexity index is 936. The van der Waals surface area contributed by atoms with Crippen molar-refractivity contribution >= 4 is 5.84 Å². The van der Waals surface area contributed by atoms with Crippen molar-refractivity contribution in [3.63, 3.8) is 0 Å². The lowest BCUT2D eigenvalue weighted by Crippen LogP contribution is -2.74. The van der Waals surface area contributed by atoms with Gasteiger partial charge in [0, 0.05) is 5.56 Å². The van der Waals surface area contributed by atoms with Gasteiger partial charge >= 0.3 is 47.8 Å². The molecule has 1 aromatic rings. The first-order valence-corrected chi connectivity index (χ1v) is 7.98. The summed E-state index contributed by atoms with van der Waals surface area (Å²) in [5.41, 5.74) is 4.60. The number of amidine groups is 1. The van der Waals surface area contributed by atoms with E-state index in [1.54, 1.807) is 0 Å². The van der Waals surface area contributed by atoms with Gasteiger partial charge in [0.25, 0.3) is 0 Å². The molecule has 0 aliphatic rings. The number of nitrogens with one attached hydrogen (secondary N) is 1. The second kappa shape index (κ2) is 8.17.